The lowest BCUT2D eigenvalue weighted by atomic mass is 10.1. The number of amides is 2. The van der Waals surface area contributed by atoms with Gasteiger partial charge in [0.05, 0.1) is 6.04 Å². The topological polar surface area (TPSA) is 78.4 Å². The molecule has 0 saturated carbocycles. The second kappa shape index (κ2) is 7.07. The van der Waals surface area contributed by atoms with Crippen LogP contribution in [-0.4, -0.2) is 23.1 Å². The van der Waals surface area contributed by atoms with E-state index in [0.717, 1.165) is 0 Å². The molecule has 2 atom stereocenters. The van der Waals surface area contributed by atoms with E-state index in [1.807, 2.05) is 6.92 Å². The van der Waals surface area contributed by atoms with Crippen LogP contribution in [0.2, 0.25) is 0 Å². The molecule has 0 bridgehead atoms. The number of nitrogens with one attached hydrogen (secondary N) is 2. The highest BCUT2D eigenvalue weighted by Crippen LogP contribution is 2.12. The summed E-state index contributed by atoms with van der Waals surface area (Å²) >= 11 is 0. The Hall–Kier alpha value is -2.48. The number of benzene rings is 1. The summed E-state index contributed by atoms with van der Waals surface area (Å²) in [5.74, 6) is 1.28. The molecule has 1 aromatic rings. The first-order valence-electron chi connectivity index (χ1n) is 5.89. The fourth-order valence-electron chi connectivity index (χ4n) is 1.53. The molecule has 0 aliphatic carbocycles. The maximum atomic E-state index is 11.7. The molecule has 5 heteroatoms. The Morgan fingerprint density at radius 1 is 1.32 bits per heavy atom. The number of hydrogen-bond donors (Lipinski definition) is 3. The molecule has 1 aromatic carbocycles. The third-order valence-electron chi connectivity index (χ3n) is 2.57. The van der Waals surface area contributed by atoms with Crippen molar-refractivity contribution in [3.8, 4) is 12.3 Å². The fourth-order valence-corrected chi connectivity index (χ4v) is 1.53. The van der Waals surface area contributed by atoms with Gasteiger partial charge < -0.3 is 15.7 Å². The minimum atomic E-state index is -1.13. The van der Waals surface area contributed by atoms with Gasteiger partial charge in [-0.1, -0.05) is 43.2 Å². The first kappa shape index (κ1) is 14.6. The van der Waals surface area contributed by atoms with E-state index in [1.54, 1.807) is 30.3 Å². The molecule has 0 radical (unpaired) electrons. The van der Waals surface area contributed by atoms with Crippen LogP contribution in [0.5, 0.6) is 0 Å². The molecule has 1 rings (SSSR count). The van der Waals surface area contributed by atoms with Crippen LogP contribution in [-0.2, 0) is 4.79 Å². The van der Waals surface area contributed by atoms with E-state index in [-0.39, 0.29) is 0 Å². The first-order chi connectivity index (χ1) is 9.08. The van der Waals surface area contributed by atoms with Gasteiger partial charge in [-0.3, -0.25) is 0 Å². The van der Waals surface area contributed by atoms with Crippen molar-refractivity contribution in [2.24, 2.45) is 0 Å². The van der Waals surface area contributed by atoms with Crippen molar-refractivity contribution in [3.63, 3.8) is 0 Å². The second-order valence-corrected chi connectivity index (χ2v) is 3.93. The van der Waals surface area contributed by atoms with Crippen molar-refractivity contribution in [2.45, 2.75) is 25.4 Å². The number of urea groups is 1. The third kappa shape index (κ3) is 4.36. The highest BCUT2D eigenvalue weighted by Gasteiger charge is 2.22. The number of terminal acetylenes is 1. The zero-order valence-corrected chi connectivity index (χ0v) is 10.6. The normalized spacial score (nSPS) is 12.8. The van der Waals surface area contributed by atoms with E-state index < -0.39 is 24.1 Å². The number of carboxylic acid groups (broad SMARTS) is 1. The minimum absolute atomic E-state index is 0.412. The Morgan fingerprint density at radius 3 is 2.42 bits per heavy atom. The van der Waals surface area contributed by atoms with Crippen LogP contribution in [0.4, 0.5) is 4.79 Å². The van der Waals surface area contributed by atoms with Crippen LogP contribution in [0, 0.1) is 12.3 Å². The Kier molecular flexibility index (Phi) is 5.42. The first-order valence-corrected chi connectivity index (χ1v) is 5.89. The Balaban J connectivity index is 2.73. The quantitative estimate of drug-likeness (QED) is 0.702. The number of rotatable bonds is 5. The third-order valence-corrected chi connectivity index (χ3v) is 2.57. The van der Waals surface area contributed by atoms with Crippen molar-refractivity contribution in [1.29, 1.82) is 0 Å². The van der Waals surface area contributed by atoms with Gasteiger partial charge in [-0.15, -0.1) is 6.42 Å². The molecule has 0 aliphatic rings. The number of carboxylic acids is 1. The highest BCUT2D eigenvalue weighted by molar-refractivity contribution is 5.83. The average Bonchev–Trinajstić information content (AvgIpc) is 2.42. The summed E-state index contributed by atoms with van der Waals surface area (Å²) in [6, 6.07) is 6.36. The zero-order valence-electron chi connectivity index (χ0n) is 10.6. The lowest BCUT2D eigenvalue weighted by molar-refractivity contribution is -0.139. The molecule has 5 nitrogen and oxygen atoms in total. The van der Waals surface area contributed by atoms with Crippen molar-refractivity contribution in [1.82, 2.24) is 10.6 Å². The summed E-state index contributed by atoms with van der Waals surface area (Å²) in [6.07, 6.45) is 5.80. The van der Waals surface area contributed by atoms with E-state index >= 15 is 0 Å². The Morgan fingerprint density at radius 2 is 1.95 bits per heavy atom. The monoisotopic (exact) mass is 260 g/mol. The van der Waals surface area contributed by atoms with Gasteiger partial charge in [0, 0.05) is 0 Å². The SMILES string of the molecule is C#CC(CC)NC(=O)NC(C(=O)O)c1ccccc1. The number of carbonyl (C=O) groups excluding carboxylic acids is 1. The number of carbonyl (C=O) groups is 2. The number of hydrogen-bond acceptors (Lipinski definition) is 2. The van der Waals surface area contributed by atoms with E-state index in [9.17, 15) is 9.59 Å². The van der Waals surface area contributed by atoms with Gasteiger partial charge in [0.2, 0.25) is 0 Å². The number of aliphatic carboxylic acids is 1. The zero-order chi connectivity index (χ0) is 14.3. The van der Waals surface area contributed by atoms with Crippen LogP contribution < -0.4 is 10.6 Å². The second-order valence-electron chi connectivity index (χ2n) is 3.93. The summed E-state index contributed by atoms with van der Waals surface area (Å²) in [5, 5.41) is 14.0. The van der Waals surface area contributed by atoms with Crippen LogP contribution in [0.25, 0.3) is 0 Å². The van der Waals surface area contributed by atoms with E-state index in [4.69, 9.17) is 11.5 Å². The minimum Gasteiger partial charge on any atom is -0.479 e. The van der Waals surface area contributed by atoms with E-state index in [0.29, 0.717) is 12.0 Å². The van der Waals surface area contributed by atoms with Gasteiger partial charge in [-0.2, -0.15) is 0 Å². The largest absolute Gasteiger partial charge is 0.479 e. The molecule has 0 saturated heterocycles. The van der Waals surface area contributed by atoms with E-state index in [2.05, 4.69) is 16.6 Å². The Labute approximate surface area is 112 Å². The van der Waals surface area contributed by atoms with Crippen LogP contribution >= 0.6 is 0 Å². The molecule has 0 aromatic heterocycles. The molecule has 0 spiro atoms. The molecule has 19 heavy (non-hydrogen) atoms. The summed E-state index contributed by atoms with van der Waals surface area (Å²) in [4.78, 5) is 22.9. The fraction of sp³-hybridized carbons (Fsp3) is 0.286. The maximum absolute atomic E-state index is 11.7. The molecule has 3 N–H and O–H groups in total. The van der Waals surface area contributed by atoms with Gasteiger partial charge >= 0.3 is 12.0 Å². The van der Waals surface area contributed by atoms with Crippen LogP contribution in [0.15, 0.2) is 30.3 Å². The average molecular weight is 260 g/mol. The smallest absolute Gasteiger partial charge is 0.330 e. The summed E-state index contributed by atoms with van der Waals surface area (Å²) in [6.45, 7) is 1.83. The highest BCUT2D eigenvalue weighted by atomic mass is 16.4. The standard InChI is InChI=1S/C14H16N2O3/c1-3-11(4-2)15-14(19)16-12(13(17)18)10-8-6-5-7-9-10/h1,5-9,11-12H,4H2,2H3,(H,17,18)(H2,15,16,19). The molecular formula is C14H16N2O3. The van der Waals surface area contributed by atoms with Gasteiger partial charge in [0.15, 0.2) is 6.04 Å². The van der Waals surface area contributed by atoms with E-state index in [1.165, 1.54) is 0 Å². The van der Waals surface area contributed by atoms with Crippen molar-refractivity contribution in [3.05, 3.63) is 35.9 Å². The molecule has 2 amide bonds. The van der Waals surface area contributed by atoms with Gasteiger partial charge in [0.25, 0.3) is 0 Å². The predicted octanol–water partition coefficient (Wildman–Crippen LogP) is 1.52. The summed E-state index contributed by atoms with van der Waals surface area (Å²) in [5.41, 5.74) is 0.499. The molecule has 100 valence electrons. The predicted molar refractivity (Wildman–Crippen MR) is 71.4 cm³/mol. The lowest BCUT2D eigenvalue weighted by Gasteiger charge is -2.17. The molecule has 2 unspecified atom stereocenters. The molecule has 0 heterocycles. The van der Waals surface area contributed by atoms with Gasteiger partial charge in [0.1, 0.15) is 0 Å². The van der Waals surface area contributed by atoms with Crippen LogP contribution in [0.3, 0.4) is 0 Å². The van der Waals surface area contributed by atoms with Gasteiger partial charge in [-0.25, -0.2) is 9.59 Å². The summed E-state index contributed by atoms with van der Waals surface area (Å²) in [7, 11) is 0. The lowest BCUT2D eigenvalue weighted by Crippen LogP contribution is -2.44. The molecular weight excluding hydrogens is 244 g/mol. The van der Waals surface area contributed by atoms with Crippen molar-refractivity contribution >= 4 is 12.0 Å². The van der Waals surface area contributed by atoms with Crippen molar-refractivity contribution in [2.75, 3.05) is 0 Å². The molecule has 0 fully saturated rings. The summed E-state index contributed by atoms with van der Waals surface area (Å²) < 4.78 is 0. The molecule has 0 aliphatic heterocycles. The van der Waals surface area contributed by atoms with Crippen molar-refractivity contribution < 1.29 is 14.7 Å². The van der Waals surface area contributed by atoms with Gasteiger partial charge in [-0.05, 0) is 12.0 Å². The maximum Gasteiger partial charge on any atom is 0.330 e. The van der Waals surface area contributed by atoms with Crippen LogP contribution in [0.1, 0.15) is 24.9 Å². The Bertz CT molecular complexity index is 479.